The van der Waals surface area contributed by atoms with Crippen LogP contribution in [0.25, 0.3) is 0 Å². The molecule has 30 heavy (non-hydrogen) atoms. The highest BCUT2D eigenvalue weighted by Crippen LogP contribution is 2.19. The fourth-order valence-electron chi connectivity index (χ4n) is 3.65. The number of benzene rings is 2. The number of halogens is 1. The Morgan fingerprint density at radius 1 is 1.13 bits per heavy atom. The van der Waals surface area contributed by atoms with Gasteiger partial charge in [0.25, 0.3) is 5.91 Å². The molecule has 0 bridgehead atoms. The summed E-state index contributed by atoms with van der Waals surface area (Å²) in [6.45, 7) is 3.65. The zero-order chi connectivity index (χ0) is 21.5. The quantitative estimate of drug-likeness (QED) is 0.713. The summed E-state index contributed by atoms with van der Waals surface area (Å²) in [6, 6.07) is 13.3. The van der Waals surface area contributed by atoms with Crippen molar-refractivity contribution in [3.8, 4) is 5.75 Å². The van der Waals surface area contributed by atoms with Crippen molar-refractivity contribution in [1.82, 2.24) is 10.2 Å². The van der Waals surface area contributed by atoms with E-state index in [9.17, 15) is 14.0 Å². The Hall–Kier alpha value is -2.89. The molecular formula is C24H29FN2O3. The average Bonchev–Trinajstić information content (AvgIpc) is 3.25. The number of rotatable bonds is 8. The average molecular weight is 413 g/mol. The monoisotopic (exact) mass is 412 g/mol. The van der Waals surface area contributed by atoms with Gasteiger partial charge < -0.3 is 15.0 Å². The van der Waals surface area contributed by atoms with Gasteiger partial charge in [-0.05, 0) is 44.4 Å². The molecule has 1 fully saturated rings. The number of carbonyl (C=O) groups is 2. The summed E-state index contributed by atoms with van der Waals surface area (Å²) >= 11 is 0. The van der Waals surface area contributed by atoms with Gasteiger partial charge in [-0.25, -0.2) is 4.39 Å². The van der Waals surface area contributed by atoms with Crippen molar-refractivity contribution < 1.29 is 18.7 Å². The maximum atomic E-state index is 13.8. The Labute approximate surface area is 177 Å². The van der Waals surface area contributed by atoms with Crippen molar-refractivity contribution in [2.45, 2.75) is 58.2 Å². The Morgan fingerprint density at radius 3 is 2.47 bits per heavy atom. The lowest BCUT2D eigenvalue weighted by Crippen LogP contribution is -2.50. The summed E-state index contributed by atoms with van der Waals surface area (Å²) < 4.78 is 19.2. The van der Waals surface area contributed by atoms with Gasteiger partial charge in [-0.2, -0.15) is 0 Å². The number of hydrogen-bond donors (Lipinski definition) is 1. The minimum atomic E-state index is -0.663. The summed E-state index contributed by atoms with van der Waals surface area (Å²) in [7, 11) is 0. The van der Waals surface area contributed by atoms with Gasteiger partial charge in [0, 0.05) is 12.6 Å². The normalized spacial score (nSPS) is 14.9. The Balaban J connectivity index is 1.71. The summed E-state index contributed by atoms with van der Waals surface area (Å²) in [5.41, 5.74) is 2.03. The van der Waals surface area contributed by atoms with Crippen molar-refractivity contribution in [3.63, 3.8) is 0 Å². The molecule has 1 aliphatic carbocycles. The van der Waals surface area contributed by atoms with E-state index in [4.69, 9.17) is 4.74 Å². The fraction of sp³-hybridized carbons (Fsp3) is 0.417. The van der Waals surface area contributed by atoms with E-state index in [0.29, 0.717) is 0 Å². The zero-order valence-corrected chi connectivity index (χ0v) is 17.6. The van der Waals surface area contributed by atoms with Crippen LogP contribution < -0.4 is 10.1 Å². The van der Waals surface area contributed by atoms with E-state index in [0.717, 1.165) is 36.8 Å². The predicted molar refractivity (Wildman–Crippen MR) is 113 cm³/mol. The van der Waals surface area contributed by atoms with Gasteiger partial charge in [-0.1, -0.05) is 54.8 Å². The van der Waals surface area contributed by atoms with Crippen molar-refractivity contribution in [1.29, 1.82) is 0 Å². The first-order chi connectivity index (χ1) is 14.4. The fourth-order valence-corrected chi connectivity index (χ4v) is 3.65. The van der Waals surface area contributed by atoms with Crippen LogP contribution in [0.5, 0.6) is 5.75 Å². The maximum Gasteiger partial charge on any atom is 0.261 e. The highest BCUT2D eigenvalue weighted by atomic mass is 19.1. The van der Waals surface area contributed by atoms with Gasteiger partial charge in [0.15, 0.2) is 18.2 Å². The Kier molecular flexibility index (Phi) is 7.44. The van der Waals surface area contributed by atoms with Gasteiger partial charge >= 0.3 is 0 Å². The SMILES string of the molecule is Cc1ccc(CN(C(=O)COc2ccccc2F)C(C)C(=O)NC2CCCC2)cc1. The van der Waals surface area contributed by atoms with Crippen LogP contribution in [0.4, 0.5) is 4.39 Å². The maximum absolute atomic E-state index is 13.8. The second kappa shape index (κ2) is 10.2. The van der Waals surface area contributed by atoms with Crippen LogP contribution in [-0.2, 0) is 16.1 Å². The number of ether oxygens (including phenoxy) is 1. The molecular weight excluding hydrogens is 383 g/mol. The lowest BCUT2D eigenvalue weighted by molar-refractivity contribution is -0.142. The first kappa shape index (κ1) is 21.8. The predicted octanol–water partition coefficient (Wildman–Crippen LogP) is 3.99. The number of carbonyl (C=O) groups excluding carboxylic acids is 2. The van der Waals surface area contributed by atoms with Crippen LogP contribution in [-0.4, -0.2) is 35.4 Å². The molecule has 0 aromatic heterocycles. The van der Waals surface area contributed by atoms with E-state index in [1.165, 1.54) is 17.0 Å². The second-order valence-corrected chi connectivity index (χ2v) is 7.89. The van der Waals surface area contributed by atoms with E-state index in [1.54, 1.807) is 19.1 Å². The summed E-state index contributed by atoms with van der Waals surface area (Å²) in [4.78, 5) is 27.3. The molecule has 1 aliphatic rings. The summed E-state index contributed by atoms with van der Waals surface area (Å²) in [6.07, 6.45) is 4.17. The third-order valence-electron chi connectivity index (χ3n) is 5.53. The third kappa shape index (κ3) is 5.81. The molecule has 1 unspecified atom stereocenters. The molecule has 0 aliphatic heterocycles. The topological polar surface area (TPSA) is 58.6 Å². The third-order valence-corrected chi connectivity index (χ3v) is 5.53. The lowest BCUT2D eigenvalue weighted by Gasteiger charge is -2.29. The number of hydrogen-bond acceptors (Lipinski definition) is 3. The minimum Gasteiger partial charge on any atom is -0.481 e. The van der Waals surface area contributed by atoms with Crippen LogP contribution in [0.1, 0.15) is 43.7 Å². The molecule has 2 aromatic rings. The minimum absolute atomic E-state index is 0.0178. The van der Waals surface area contributed by atoms with Gasteiger partial charge in [-0.3, -0.25) is 9.59 Å². The lowest BCUT2D eigenvalue weighted by atomic mass is 10.1. The first-order valence-corrected chi connectivity index (χ1v) is 10.5. The molecule has 0 radical (unpaired) electrons. The molecule has 1 N–H and O–H groups in total. The number of aryl methyl sites for hydroxylation is 1. The molecule has 2 aromatic carbocycles. The van der Waals surface area contributed by atoms with Gasteiger partial charge in [0.05, 0.1) is 0 Å². The molecule has 0 spiro atoms. The van der Waals surface area contributed by atoms with Gasteiger partial charge in [0.2, 0.25) is 5.91 Å². The summed E-state index contributed by atoms with van der Waals surface area (Å²) in [5, 5.41) is 3.06. The van der Waals surface area contributed by atoms with Crippen molar-refractivity contribution in [2.75, 3.05) is 6.61 Å². The molecule has 6 heteroatoms. The smallest absolute Gasteiger partial charge is 0.261 e. The van der Waals surface area contributed by atoms with E-state index in [-0.39, 0.29) is 36.8 Å². The van der Waals surface area contributed by atoms with E-state index in [1.807, 2.05) is 31.2 Å². The Morgan fingerprint density at radius 2 is 1.80 bits per heavy atom. The molecule has 2 amide bonds. The van der Waals surface area contributed by atoms with Gasteiger partial charge in [0.1, 0.15) is 6.04 Å². The second-order valence-electron chi connectivity index (χ2n) is 7.89. The van der Waals surface area contributed by atoms with Crippen molar-refractivity contribution >= 4 is 11.8 Å². The molecule has 160 valence electrons. The molecule has 0 saturated heterocycles. The zero-order valence-electron chi connectivity index (χ0n) is 17.6. The number of nitrogens with zero attached hydrogens (tertiary/aromatic N) is 1. The highest BCUT2D eigenvalue weighted by Gasteiger charge is 2.28. The Bertz CT molecular complexity index is 863. The van der Waals surface area contributed by atoms with Crippen molar-refractivity contribution in [3.05, 3.63) is 65.5 Å². The van der Waals surface area contributed by atoms with Gasteiger partial charge in [-0.15, -0.1) is 0 Å². The largest absolute Gasteiger partial charge is 0.481 e. The standard InChI is InChI=1S/C24H29FN2O3/c1-17-11-13-19(14-12-17)15-27(18(2)24(29)26-20-7-3-4-8-20)23(28)16-30-22-10-6-5-9-21(22)25/h5-6,9-14,18,20H,3-4,7-8,15-16H2,1-2H3,(H,26,29). The number of amides is 2. The van der Waals surface area contributed by atoms with Crippen LogP contribution >= 0.6 is 0 Å². The van der Waals surface area contributed by atoms with Crippen molar-refractivity contribution in [2.24, 2.45) is 0 Å². The van der Waals surface area contributed by atoms with E-state index < -0.39 is 11.9 Å². The van der Waals surface area contributed by atoms with E-state index in [2.05, 4.69) is 5.32 Å². The molecule has 5 nitrogen and oxygen atoms in total. The number of para-hydroxylation sites is 1. The molecule has 0 heterocycles. The van der Waals surface area contributed by atoms with Crippen LogP contribution in [0.2, 0.25) is 0 Å². The molecule has 3 rings (SSSR count). The van der Waals surface area contributed by atoms with Crippen LogP contribution in [0.15, 0.2) is 48.5 Å². The highest BCUT2D eigenvalue weighted by molar-refractivity contribution is 5.88. The van der Waals surface area contributed by atoms with Crippen LogP contribution in [0, 0.1) is 12.7 Å². The van der Waals surface area contributed by atoms with E-state index >= 15 is 0 Å². The first-order valence-electron chi connectivity index (χ1n) is 10.5. The number of nitrogens with one attached hydrogen (secondary N) is 1. The molecule has 1 saturated carbocycles. The molecule has 1 atom stereocenters. The van der Waals surface area contributed by atoms with Crippen LogP contribution in [0.3, 0.4) is 0 Å². The summed E-state index contributed by atoms with van der Waals surface area (Å²) in [5.74, 6) is -1.05.